The first kappa shape index (κ1) is 22.8. The highest BCUT2D eigenvalue weighted by atomic mass is 16.6. The van der Waals surface area contributed by atoms with Gasteiger partial charge in [0.05, 0.1) is 12.2 Å². The SMILES string of the molecule is CCC(CC)c1cc(CNC(=NC)NCCN(C)C(=O)OC(C)(C)C)on1. The van der Waals surface area contributed by atoms with E-state index in [4.69, 9.17) is 9.26 Å². The zero-order valence-electron chi connectivity index (χ0n) is 17.8. The van der Waals surface area contributed by atoms with E-state index in [9.17, 15) is 4.79 Å². The molecule has 1 aromatic heterocycles. The number of carbonyl (C=O) groups is 1. The van der Waals surface area contributed by atoms with Crippen LogP contribution < -0.4 is 10.6 Å². The molecule has 0 aliphatic carbocycles. The van der Waals surface area contributed by atoms with Crippen molar-refractivity contribution < 1.29 is 14.1 Å². The fourth-order valence-electron chi connectivity index (χ4n) is 2.48. The Morgan fingerprint density at radius 3 is 2.56 bits per heavy atom. The molecular formula is C19H35N5O3. The third-order valence-corrected chi connectivity index (χ3v) is 4.08. The summed E-state index contributed by atoms with van der Waals surface area (Å²) in [5.41, 5.74) is 0.500. The molecule has 2 N–H and O–H groups in total. The van der Waals surface area contributed by atoms with Gasteiger partial charge in [0.15, 0.2) is 11.7 Å². The number of nitrogens with zero attached hydrogens (tertiary/aromatic N) is 3. The van der Waals surface area contributed by atoms with Gasteiger partial charge in [-0.15, -0.1) is 0 Å². The minimum Gasteiger partial charge on any atom is -0.444 e. The van der Waals surface area contributed by atoms with E-state index in [1.165, 1.54) is 4.90 Å². The predicted molar refractivity (Wildman–Crippen MR) is 107 cm³/mol. The van der Waals surface area contributed by atoms with Crippen molar-refractivity contribution in [2.45, 2.75) is 65.5 Å². The zero-order valence-corrected chi connectivity index (χ0v) is 17.8. The first-order valence-corrected chi connectivity index (χ1v) is 9.54. The second-order valence-electron chi connectivity index (χ2n) is 7.49. The standard InChI is InChI=1S/C19H35N5O3/c1-8-14(9-2)16-12-15(27-23-16)13-22-17(20-6)21-10-11-24(7)18(25)26-19(3,4)5/h12,14H,8-11,13H2,1-7H3,(H2,20,21,22). The maximum atomic E-state index is 11.9. The van der Waals surface area contributed by atoms with E-state index < -0.39 is 5.60 Å². The highest BCUT2D eigenvalue weighted by molar-refractivity contribution is 5.79. The molecule has 0 aliphatic rings. The van der Waals surface area contributed by atoms with Gasteiger partial charge in [0.1, 0.15) is 5.60 Å². The lowest BCUT2D eigenvalue weighted by Crippen LogP contribution is -2.42. The van der Waals surface area contributed by atoms with E-state index in [1.54, 1.807) is 14.1 Å². The summed E-state index contributed by atoms with van der Waals surface area (Å²) < 4.78 is 10.7. The minimum absolute atomic E-state index is 0.345. The molecule has 154 valence electrons. The molecular weight excluding hydrogens is 346 g/mol. The lowest BCUT2D eigenvalue weighted by atomic mass is 9.99. The Balaban J connectivity index is 2.40. The lowest BCUT2D eigenvalue weighted by Gasteiger charge is -2.24. The predicted octanol–water partition coefficient (Wildman–Crippen LogP) is 3.11. The average molecular weight is 382 g/mol. The van der Waals surface area contributed by atoms with E-state index in [0.29, 0.717) is 31.5 Å². The van der Waals surface area contributed by atoms with Gasteiger partial charge >= 0.3 is 6.09 Å². The maximum Gasteiger partial charge on any atom is 0.410 e. The molecule has 0 radical (unpaired) electrons. The highest BCUT2D eigenvalue weighted by Gasteiger charge is 2.19. The Morgan fingerprint density at radius 1 is 1.33 bits per heavy atom. The number of rotatable bonds is 8. The Hall–Kier alpha value is -2.25. The number of hydrogen-bond acceptors (Lipinski definition) is 5. The van der Waals surface area contributed by atoms with Crippen LogP contribution in [0, 0.1) is 0 Å². The van der Waals surface area contributed by atoms with Crippen LogP contribution in [0.3, 0.4) is 0 Å². The third-order valence-electron chi connectivity index (χ3n) is 4.08. The molecule has 0 atom stereocenters. The topological polar surface area (TPSA) is 92.0 Å². The number of aliphatic imine (C=N–C) groups is 1. The summed E-state index contributed by atoms with van der Waals surface area (Å²) in [7, 11) is 3.41. The number of amides is 1. The second-order valence-corrected chi connectivity index (χ2v) is 7.49. The second kappa shape index (κ2) is 10.8. The van der Waals surface area contributed by atoms with Gasteiger partial charge in [0, 0.05) is 39.2 Å². The summed E-state index contributed by atoms with van der Waals surface area (Å²) >= 11 is 0. The molecule has 0 aliphatic heterocycles. The summed E-state index contributed by atoms with van der Waals surface area (Å²) in [5, 5.41) is 10.5. The number of guanidine groups is 1. The number of aromatic nitrogens is 1. The van der Waals surface area contributed by atoms with Gasteiger partial charge in [0.25, 0.3) is 0 Å². The molecule has 0 unspecified atom stereocenters. The molecule has 1 aromatic rings. The number of likely N-dealkylation sites (N-methyl/N-ethyl adjacent to an activating group) is 1. The smallest absolute Gasteiger partial charge is 0.410 e. The number of carbonyl (C=O) groups excluding carboxylic acids is 1. The third kappa shape index (κ3) is 8.32. The van der Waals surface area contributed by atoms with Gasteiger partial charge in [-0.1, -0.05) is 19.0 Å². The van der Waals surface area contributed by atoms with Crippen molar-refractivity contribution in [3.63, 3.8) is 0 Å². The van der Waals surface area contributed by atoms with E-state index in [2.05, 4.69) is 34.6 Å². The summed E-state index contributed by atoms with van der Waals surface area (Å²) in [6.45, 7) is 11.4. The van der Waals surface area contributed by atoms with Gasteiger partial charge in [-0.05, 0) is 33.6 Å². The Bertz CT molecular complexity index is 603. The first-order valence-electron chi connectivity index (χ1n) is 9.54. The Labute approximate surface area is 162 Å². The molecule has 0 saturated carbocycles. The summed E-state index contributed by atoms with van der Waals surface area (Å²) in [6, 6.07) is 1.99. The monoisotopic (exact) mass is 381 g/mol. The van der Waals surface area contributed by atoms with Crippen molar-refractivity contribution in [3.05, 3.63) is 17.5 Å². The summed E-state index contributed by atoms with van der Waals surface area (Å²) in [5.74, 6) is 1.84. The van der Waals surface area contributed by atoms with Crippen molar-refractivity contribution in [1.29, 1.82) is 0 Å². The van der Waals surface area contributed by atoms with E-state index in [0.717, 1.165) is 24.3 Å². The van der Waals surface area contributed by atoms with E-state index >= 15 is 0 Å². The summed E-state index contributed by atoms with van der Waals surface area (Å²) in [4.78, 5) is 17.6. The van der Waals surface area contributed by atoms with Gasteiger partial charge in [-0.2, -0.15) is 0 Å². The van der Waals surface area contributed by atoms with Gasteiger partial charge in [-0.3, -0.25) is 4.99 Å². The molecule has 1 amide bonds. The molecule has 0 saturated heterocycles. The molecule has 1 heterocycles. The van der Waals surface area contributed by atoms with Crippen LogP contribution in [0.4, 0.5) is 4.79 Å². The average Bonchev–Trinajstić information content (AvgIpc) is 3.06. The first-order chi connectivity index (χ1) is 12.7. The van der Waals surface area contributed by atoms with E-state index in [-0.39, 0.29) is 6.09 Å². The van der Waals surface area contributed by atoms with Crippen LogP contribution in [0.25, 0.3) is 0 Å². The lowest BCUT2D eigenvalue weighted by molar-refractivity contribution is 0.0302. The minimum atomic E-state index is -0.499. The van der Waals surface area contributed by atoms with Gasteiger partial charge < -0.3 is 24.8 Å². The molecule has 1 rings (SSSR count). The fraction of sp³-hybridized carbons (Fsp3) is 0.737. The number of hydrogen-bond donors (Lipinski definition) is 2. The molecule has 27 heavy (non-hydrogen) atoms. The van der Waals surface area contributed by atoms with Crippen molar-refractivity contribution in [1.82, 2.24) is 20.7 Å². The molecule has 0 bridgehead atoms. The largest absolute Gasteiger partial charge is 0.444 e. The highest BCUT2D eigenvalue weighted by Crippen LogP contribution is 2.22. The van der Waals surface area contributed by atoms with E-state index in [1.807, 2.05) is 26.8 Å². The Morgan fingerprint density at radius 2 is 2.00 bits per heavy atom. The quantitative estimate of drug-likeness (QED) is 0.531. The van der Waals surface area contributed by atoms with Crippen LogP contribution in [0.15, 0.2) is 15.6 Å². The van der Waals surface area contributed by atoms with Crippen LogP contribution >= 0.6 is 0 Å². The van der Waals surface area contributed by atoms with Crippen LogP contribution in [0.2, 0.25) is 0 Å². The molecule has 0 spiro atoms. The van der Waals surface area contributed by atoms with Gasteiger partial charge in [-0.25, -0.2) is 4.79 Å². The zero-order chi connectivity index (χ0) is 20.4. The maximum absolute atomic E-state index is 11.9. The van der Waals surface area contributed by atoms with Crippen LogP contribution in [-0.4, -0.2) is 54.9 Å². The molecule has 8 nitrogen and oxygen atoms in total. The van der Waals surface area contributed by atoms with Crippen molar-refractivity contribution in [3.8, 4) is 0 Å². The number of ether oxygens (including phenoxy) is 1. The van der Waals surface area contributed by atoms with Crippen LogP contribution in [0.5, 0.6) is 0 Å². The normalized spacial score (nSPS) is 12.2. The van der Waals surface area contributed by atoms with Crippen molar-refractivity contribution in [2.24, 2.45) is 4.99 Å². The summed E-state index contributed by atoms with van der Waals surface area (Å²) in [6.07, 6.45) is 1.75. The molecule has 8 heteroatoms. The van der Waals surface area contributed by atoms with Crippen LogP contribution in [0.1, 0.15) is 64.8 Å². The number of nitrogens with one attached hydrogen (secondary N) is 2. The molecule has 0 aromatic carbocycles. The fourth-order valence-corrected chi connectivity index (χ4v) is 2.48. The van der Waals surface area contributed by atoms with Crippen molar-refractivity contribution in [2.75, 3.05) is 27.2 Å². The Kier molecular flexibility index (Phi) is 9.11. The molecule has 0 fully saturated rings. The van der Waals surface area contributed by atoms with Crippen LogP contribution in [-0.2, 0) is 11.3 Å². The van der Waals surface area contributed by atoms with Crippen molar-refractivity contribution >= 4 is 12.1 Å². The van der Waals surface area contributed by atoms with Gasteiger partial charge in [0.2, 0.25) is 0 Å².